The van der Waals surface area contributed by atoms with Crippen LogP contribution in [0.15, 0.2) is 71.8 Å². The lowest BCUT2D eigenvalue weighted by Crippen LogP contribution is -2.24. The van der Waals surface area contributed by atoms with E-state index in [9.17, 15) is 8.42 Å². The third-order valence-corrected chi connectivity index (χ3v) is 6.22. The summed E-state index contributed by atoms with van der Waals surface area (Å²) in [5.74, 6) is 1.40. The highest BCUT2D eigenvalue weighted by Crippen LogP contribution is 2.37. The summed E-state index contributed by atoms with van der Waals surface area (Å²) in [7, 11) is -2.15. The molecule has 3 aromatic rings. The van der Waals surface area contributed by atoms with E-state index in [0.29, 0.717) is 17.5 Å². The van der Waals surface area contributed by atoms with E-state index >= 15 is 0 Å². The first-order valence-corrected chi connectivity index (χ1v) is 10.5. The third kappa shape index (κ3) is 3.41. The van der Waals surface area contributed by atoms with Crippen LogP contribution in [0.25, 0.3) is 0 Å². The van der Waals surface area contributed by atoms with Crippen molar-refractivity contribution in [3.63, 3.8) is 0 Å². The fraction of sp³-hybridized carbons (Fsp3) is 0.190. The standard InChI is InChI=1S/C21H21N3O3S/c1-15-13-16-5-3-4-6-20(16)24(15)21-12-7-17(14-22-21)23-28(25,26)19-10-8-18(27-2)9-11-19/h3-12,14-15,23H,13H2,1-2H3. The van der Waals surface area contributed by atoms with Gasteiger partial charge in [0.1, 0.15) is 11.6 Å². The molecule has 1 atom stereocenters. The highest BCUT2D eigenvalue weighted by atomic mass is 32.2. The summed E-state index contributed by atoms with van der Waals surface area (Å²) < 4.78 is 32.8. The van der Waals surface area contributed by atoms with E-state index in [2.05, 4.69) is 33.7 Å². The van der Waals surface area contributed by atoms with Gasteiger partial charge in [-0.3, -0.25) is 4.72 Å². The molecule has 1 aliphatic heterocycles. The number of nitrogens with one attached hydrogen (secondary N) is 1. The number of fused-ring (bicyclic) bond motifs is 1. The molecular weight excluding hydrogens is 374 g/mol. The van der Waals surface area contributed by atoms with Gasteiger partial charge in [0.2, 0.25) is 0 Å². The van der Waals surface area contributed by atoms with Crippen molar-refractivity contribution in [3.05, 3.63) is 72.4 Å². The fourth-order valence-corrected chi connectivity index (χ4v) is 4.52. The first-order chi connectivity index (χ1) is 13.5. The van der Waals surface area contributed by atoms with Gasteiger partial charge in [-0.05, 0) is 61.4 Å². The number of para-hydroxylation sites is 1. The zero-order chi connectivity index (χ0) is 19.7. The zero-order valence-corrected chi connectivity index (χ0v) is 16.5. The maximum Gasteiger partial charge on any atom is 0.261 e. The third-order valence-electron chi connectivity index (χ3n) is 4.82. The van der Waals surface area contributed by atoms with Crippen LogP contribution in [-0.2, 0) is 16.4 Å². The van der Waals surface area contributed by atoms with Crippen LogP contribution in [0.4, 0.5) is 17.2 Å². The first-order valence-electron chi connectivity index (χ1n) is 8.98. The largest absolute Gasteiger partial charge is 0.497 e. The van der Waals surface area contributed by atoms with Gasteiger partial charge in [0, 0.05) is 11.7 Å². The van der Waals surface area contributed by atoms with E-state index in [1.807, 2.05) is 18.2 Å². The summed E-state index contributed by atoms with van der Waals surface area (Å²) in [4.78, 5) is 6.84. The van der Waals surface area contributed by atoms with Gasteiger partial charge in [0.05, 0.1) is 23.9 Å². The second kappa shape index (κ2) is 7.16. The number of pyridine rings is 1. The van der Waals surface area contributed by atoms with Crippen LogP contribution < -0.4 is 14.4 Å². The summed E-state index contributed by atoms with van der Waals surface area (Å²) in [6, 6.07) is 18.4. The SMILES string of the molecule is COc1ccc(S(=O)(=O)Nc2ccc(N3c4ccccc4CC3C)nc2)cc1. The fourth-order valence-electron chi connectivity index (χ4n) is 3.47. The van der Waals surface area contributed by atoms with Crippen molar-refractivity contribution in [2.75, 3.05) is 16.7 Å². The van der Waals surface area contributed by atoms with Crippen LogP contribution in [0.2, 0.25) is 0 Å². The number of anilines is 3. The number of nitrogens with zero attached hydrogens (tertiary/aromatic N) is 2. The Labute approximate surface area is 164 Å². The van der Waals surface area contributed by atoms with Crippen LogP contribution >= 0.6 is 0 Å². The maximum atomic E-state index is 12.6. The van der Waals surface area contributed by atoms with Crippen LogP contribution in [0.3, 0.4) is 0 Å². The number of sulfonamides is 1. The molecule has 0 aliphatic carbocycles. The van der Waals surface area contributed by atoms with Gasteiger partial charge in [-0.25, -0.2) is 13.4 Å². The molecule has 1 N–H and O–H groups in total. The minimum atomic E-state index is -3.69. The maximum absolute atomic E-state index is 12.6. The molecule has 0 fully saturated rings. The number of hydrogen-bond donors (Lipinski definition) is 1. The number of aromatic nitrogens is 1. The first kappa shape index (κ1) is 18.3. The van der Waals surface area contributed by atoms with E-state index in [1.54, 1.807) is 24.4 Å². The summed E-state index contributed by atoms with van der Waals surface area (Å²) in [5, 5.41) is 0. The Morgan fingerprint density at radius 1 is 1.07 bits per heavy atom. The normalized spacial score (nSPS) is 15.9. The lowest BCUT2D eigenvalue weighted by Gasteiger charge is -2.24. The Balaban J connectivity index is 1.55. The molecule has 0 spiro atoms. The Morgan fingerprint density at radius 2 is 1.82 bits per heavy atom. The van der Waals surface area contributed by atoms with Crippen molar-refractivity contribution in [2.45, 2.75) is 24.3 Å². The molecule has 2 heterocycles. The molecule has 2 aromatic carbocycles. The van der Waals surface area contributed by atoms with Crippen molar-refractivity contribution in [1.82, 2.24) is 4.98 Å². The molecule has 4 rings (SSSR count). The van der Waals surface area contributed by atoms with Crippen LogP contribution in [0.1, 0.15) is 12.5 Å². The predicted molar refractivity (Wildman–Crippen MR) is 110 cm³/mol. The average molecular weight is 395 g/mol. The van der Waals surface area contributed by atoms with Crippen LogP contribution in [-0.4, -0.2) is 26.6 Å². The molecular formula is C21H21N3O3S. The highest BCUT2D eigenvalue weighted by Gasteiger charge is 2.27. The number of rotatable bonds is 5. The lowest BCUT2D eigenvalue weighted by atomic mass is 10.1. The molecule has 6 nitrogen and oxygen atoms in total. The van der Waals surface area contributed by atoms with Crippen LogP contribution in [0, 0.1) is 0 Å². The Kier molecular flexibility index (Phi) is 4.68. The molecule has 1 unspecified atom stereocenters. The summed E-state index contributed by atoms with van der Waals surface area (Å²) in [5.41, 5.74) is 2.86. The van der Waals surface area contributed by atoms with Gasteiger partial charge < -0.3 is 9.64 Å². The Morgan fingerprint density at radius 3 is 2.50 bits per heavy atom. The average Bonchev–Trinajstić information content (AvgIpc) is 3.04. The number of methoxy groups -OCH3 is 1. The van der Waals surface area contributed by atoms with Crippen molar-refractivity contribution >= 4 is 27.2 Å². The molecule has 0 bridgehead atoms. The van der Waals surface area contributed by atoms with Gasteiger partial charge in [0.25, 0.3) is 10.0 Å². The monoisotopic (exact) mass is 395 g/mol. The minimum Gasteiger partial charge on any atom is -0.497 e. The van der Waals surface area contributed by atoms with Crippen molar-refractivity contribution in [1.29, 1.82) is 0 Å². The predicted octanol–water partition coefficient (Wildman–Crippen LogP) is 3.97. The number of hydrogen-bond acceptors (Lipinski definition) is 5. The van der Waals surface area contributed by atoms with Gasteiger partial charge in [-0.15, -0.1) is 0 Å². The van der Waals surface area contributed by atoms with E-state index in [1.165, 1.54) is 24.8 Å². The quantitative estimate of drug-likeness (QED) is 0.708. The molecule has 7 heteroatoms. The molecule has 1 aromatic heterocycles. The number of ether oxygens (including phenoxy) is 1. The van der Waals surface area contributed by atoms with Gasteiger partial charge in [0.15, 0.2) is 0 Å². The van der Waals surface area contributed by atoms with E-state index in [-0.39, 0.29) is 4.90 Å². The zero-order valence-electron chi connectivity index (χ0n) is 15.7. The van der Waals surface area contributed by atoms with E-state index in [0.717, 1.165) is 17.9 Å². The van der Waals surface area contributed by atoms with Gasteiger partial charge in [-0.2, -0.15) is 0 Å². The summed E-state index contributed by atoms with van der Waals surface area (Å²) in [6.45, 7) is 2.15. The van der Waals surface area contributed by atoms with E-state index in [4.69, 9.17) is 4.74 Å². The molecule has 0 radical (unpaired) electrons. The van der Waals surface area contributed by atoms with Gasteiger partial charge >= 0.3 is 0 Å². The smallest absolute Gasteiger partial charge is 0.261 e. The second-order valence-corrected chi connectivity index (χ2v) is 8.42. The summed E-state index contributed by atoms with van der Waals surface area (Å²) in [6.07, 6.45) is 2.51. The lowest BCUT2D eigenvalue weighted by molar-refractivity contribution is 0.414. The van der Waals surface area contributed by atoms with Crippen molar-refractivity contribution in [2.24, 2.45) is 0 Å². The topological polar surface area (TPSA) is 71.5 Å². The minimum absolute atomic E-state index is 0.166. The molecule has 1 aliphatic rings. The summed E-state index contributed by atoms with van der Waals surface area (Å²) >= 11 is 0. The molecule has 28 heavy (non-hydrogen) atoms. The van der Waals surface area contributed by atoms with Gasteiger partial charge in [-0.1, -0.05) is 18.2 Å². The highest BCUT2D eigenvalue weighted by molar-refractivity contribution is 7.92. The second-order valence-electron chi connectivity index (χ2n) is 6.74. The molecule has 144 valence electrons. The molecule has 0 saturated carbocycles. The van der Waals surface area contributed by atoms with Crippen LogP contribution in [0.5, 0.6) is 5.75 Å². The number of benzene rings is 2. The molecule has 0 amide bonds. The van der Waals surface area contributed by atoms with Crippen molar-refractivity contribution < 1.29 is 13.2 Å². The Bertz CT molecular complexity index is 1080. The van der Waals surface area contributed by atoms with E-state index < -0.39 is 10.0 Å². The van der Waals surface area contributed by atoms with Crippen molar-refractivity contribution in [3.8, 4) is 5.75 Å². The molecule has 0 saturated heterocycles. The Hall–Kier alpha value is -3.06.